The minimum atomic E-state index is -1.01. The van der Waals surface area contributed by atoms with Crippen molar-refractivity contribution in [2.75, 3.05) is 6.61 Å². The van der Waals surface area contributed by atoms with Crippen LogP contribution >= 0.6 is 0 Å². The van der Waals surface area contributed by atoms with Crippen molar-refractivity contribution in [2.45, 2.75) is 38.5 Å². The summed E-state index contributed by atoms with van der Waals surface area (Å²) in [6.07, 6.45) is 9.29. The molecule has 0 aliphatic heterocycles. The molecule has 0 atom stereocenters. The van der Waals surface area contributed by atoms with Gasteiger partial charge in [0.15, 0.2) is 11.6 Å². The average Bonchev–Trinajstić information content (AvgIpc) is 2.49. The molecule has 0 heterocycles. The second kappa shape index (κ2) is 9.45. The Morgan fingerprint density at radius 1 is 1.25 bits per heavy atom. The molecule has 0 spiro atoms. The minimum absolute atomic E-state index is 0.105. The topological polar surface area (TPSA) is 26.3 Å². The van der Waals surface area contributed by atoms with Gasteiger partial charge in [-0.25, -0.2) is 8.78 Å². The summed E-state index contributed by atoms with van der Waals surface area (Å²) in [5, 5.41) is 0. The molecular formula is C16H22F2O2. The van der Waals surface area contributed by atoms with Gasteiger partial charge < -0.3 is 9.53 Å². The highest BCUT2D eigenvalue weighted by atomic mass is 19.2. The monoisotopic (exact) mass is 284 g/mol. The van der Waals surface area contributed by atoms with E-state index in [1.54, 1.807) is 0 Å². The summed E-state index contributed by atoms with van der Waals surface area (Å²) >= 11 is 0. The maximum Gasteiger partial charge on any atom is 0.193 e. The average molecular weight is 284 g/mol. The molecule has 0 aromatic rings. The fourth-order valence-corrected chi connectivity index (χ4v) is 2.56. The summed E-state index contributed by atoms with van der Waals surface area (Å²) in [7, 11) is 0. The van der Waals surface area contributed by atoms with Crippen molar-refractivity contribution in [3.63, 3.8) is 0 Å². The van der Waals surface area contributed by atoms with Crippen molar-refractivity contribution in [3.8, 4) is 0 Å². The van der Waals surface area contributed by atoms with Crippen LogP contribution in [0.25, 0.3) is 0 Å². The second-order valence-corrected chi connectivity index (χ2v) is 5.17. The van der Waals surface area contributed by atoms with Crippen molar-refractivity contribution in [2.24, 2.45) is 11.8 Å². The standard InChI is InChI=1S/C16H22F2O2/c1-2-4-16(15(18)11-17)20-12-14-8-6-13(7-9-14)5-3-10-19/h2,4,10-11,13-14H,1,3,5-9,12H2/b15-11-,16-4+. The summed E-state index contributed by atoms with van der Waals surface area (Å²) in [4.78, 5) is 10.3. The van der Waals surface area contributed by atoms with Crippen LogP contribution in [0.2, 0.25) is 0 Å². The number of hydrogen-bond donors (Lipinski definition) is 0. The molecule has 0 saturated heterocycles. The molecule has 1 saturated carbocycles. The number of ether oxygens (including phenoxy) is 1. The molecule has 112 valence electrons. The van der Waals surface area contributed by atoms with Crippen LogP contribution in [-0.4, -0.2) is 12.9 Å². The van der Waals surface area contributed by atoms with E-state index in [2.05, 4.69) is 6.58 Å². The highest BCUT2D eigenvalue weighted by Crippen LogP contribution is 2.32. The number of aldehydes is 1. The van der Waals surface area contributed by atoms with Gasteiger partial charge in [-0.2, -0.15) is 0 Å². The Kier molecular flexibility index (Phi) is 7.85. The Balaban J connectivity index is 2.34. The summed E-state index contributed by atoms with van der Waals surface area (Å²) in [6, 6.07) is 0. The van der Waals surface area contributed by atoms with Crippen LogP contribution in [-0.2, 0) is 9.53 Å². The van der Waals surface area contributed by atoms with Crippen LogP contribution in [0.15, 0.2) is 36.6 Å². The fraction of sp³-hybridized carbons (Fsp3) is 0.562. The third-order valence-electron chi connectivity index (χ3n) is 3.73. The van der Waals surface area contributed by atoms with Crippen LogP contribution in [0.4, 0.5) is 8.78 Å². The van der Waals surface area contributed by atoms with E-state index >= 15 is 0 Å². The lowest BCUT2D eigenvalue weighted by Gasteiger charge is -2.28. The minimum Gasteiger partial charge on any atom is -0.490 e. The highest BCUT2D eigenvalue weighted by Gasteiger charge is 2.21. The zero-order valence-corrected chi connectivity index (χ0v) is 11.7. The van der Waals surface area contributed by atoms with Crippen molar-refractivity contribution in [1.29, 1.82) is 0 Å². The molecule has 1 aliphatic carbocycles. The van der Waals surface area contributed by atoms with Crippen LogP contribution in [0.5, 0.6) is 0 Å². The van der Waals surface area contributed by atoms with Crippen LogP contribution in [0.1, 0.15) is 38.5 Å². The van der Waals surface area contributed by atoms with Gasteiger partial charge in [0, 0.05) is 6.42 Å². The second-order valence-electron chi connectivity index (χ2n) is 5.17. The molecule has 0 amide bonds. The Labute approximate surface area is 119 Å². The zero-order valence-electron chi connectivity index (χ0n) is 11.7. The third-order valence-corrected chi connectivity index (χ3v) is 3.73. The van der Waals surface area contributed by atoms with E-state index in [0.717, 1.165) is 38.4 Å². The number of hydrogen-bond acceptors (Lipinski definition) is 2. The molecule has 0 radical (unpaired) electrons. The maximum absolute atomic E-state index is 13.2. The van der Waals surface area contributed by atoms with Gasteiger partial charge in [0.05, 0.1) is 6.61 Å². The summed E-state index contributed by atoms with van der Waals surface area (Å²) in [5.74, 6) is -0.139. The van der Waals surface area contributed by atoms with Gasteiger partial charge in [0.25, 0.3) is 0 Å². The first kappa shape index (κ1) is 16.6. The van der Waals surface area contributed by atoms with Crippen molar-refractivity contribution >= 4 is 6.29 Å². The van der Waals surface area contributed by atoms with E-state index in [-0.39, 0.29) is 12.1 Å². The molecule has 1 fully saturated rings. The fourth-order valence-electron chi connectivity index (χ4n) is 2.56. The quantitative estimate of drug-likeness (QED) is 0.369. The van der Waals surface area contributed by atoms with E-state index in [4.69, 9.17) is 4.74 Å². The SMILES string of the molecule is C=C/C=C(OCC1CCC(CCC=O)CC1)\C(F)=C\F. The third kappa shape index (κ3) is 5.68. The maximum atomic E-state index is 13.2. The molecular weight excluding hydrogens is 262 g/mol. The van der Waals surface area contributed by atoms with Gasteiger partial charge in [-0.15, -0.1) is 0 Å². The predicted octanol–water partition coefficient (Wildman–Crippen LogP) is 4.64. The van der Waals surface area contributed by atoms with E-state index in [1.165, 1.54) is 12.2 Å². The lowest BCUT2D eigenvalue weighted by Crippen LogP contribution is -2.19. The molecule has 0 bridgehead atoms. The molecule has 1 rings (SSSR count). The highest BCUT2D eigenvalue weighted by molar-refractivity contribution is 5.49. The van der Waals surface area contributed by atoms with E-state index in [9.17, 15) is 13.6 Å². The first-order valence-corrected chi connectivity index (χ1v) is 7.06. The van der Waals surface area contributed by atoms with E-state index in [0.29, 0.717) is 24.9 Å². The molecule has 0 aromatic heterocycles. The molecule has 0 unspecified atom stereocenters. The van der Waals surface area contributed by atoms with Crippen LogP contribution < -0.4 is 0 Å². The van der Waals surface area contributed by atoms with E-state index in [1.807, 2.05) is 0 Å². The van der Waals surface area contributed by atoms with Crippen LogP contribution in [0.3, 0.4) is 0 Å². The molecule has 20 heavy (non-hydrogen) atoms. The Bertz CT molecular complexity index is 367. The predicted molar refractivity (Wildman–Crippen MR) is 75.3 cm³/mol. The van der Waals surface area contributed by atoms with Crippen LogP contribution in [0, 0.1) is 11.8 Å². The van der Waals surface area contributed by atoms with Gasteiger partial charge in [-0.3, -0.25) is 0 Å². The zero-order chi connectivity index (χ0) is 14.8. The van der Waals surface area contributed by atoms with Gasteiger partial charge in [-0.1, -0.05) is 25.5 Å². The first-order valence-electron chi connectivity index (χ1n) is 7.06. The summed E-state index contributed by atoms with van der Waals surface area (Å²) in [5.41, 5.74) is 0. The molecule has 0 N–H and O–H groups in total. The number of carbonyl (C=O) groups excluding carboxylic acids is 1. The smallest absolute Gasteiger partial charge is 0.193 e. The number of allylic oxidation sites excluding steroid dienone is 3. The Morgan fingerprint density at radius 2 is 1.90 bits per heavy atom. The van der Waals surface area contributed by atoms with Crippen molar-refractivity contribution < 1.29 is 18.3 Å². The number of carbonyl (C=O) groups is 1. The molecule has 4 heteroatoms. The van der Waals surface area contributed by atoms with Gasteiger partial charge >= 0.3 is 0 Å². The lowest BCUT2D eigenvalue weighted by molar-refractivity contribution is -0.108. The summed E-state index contributed by atoms with van der Waals surface area (Å²) < 4.78 is 30.7. The lowest BCUT2D eigenvalue weighted by atomic mass is 9.80. The normalized spacial score (nSPS) is 24.3. The number of rotatable bonds is 8. The largest absolute Gasteiger partial charge is 0.490 e. The number of halogens is 2. The van der Waals surface area contributed by atoms with Crippen molar-refractivity contribution in [3.05, 3.63) is 36.6 Å². The Morgan fingerprint density at radius 3 is 2.45 bits per heavy atom. The Hall–Kier alpha value is -1.45. The molecule has 1 aliphatic rings. The van der Waals surface area contributed by atoms with Gasteiger partial charge in [0.2, 0.25) is 0 Å². The molecule has 0 aromatic carbocycles. The summed E-state index contributed by atoms with van der Waals surface area (Å²) in [6.45, 7) is 3.84. The molecule has 2 nitrogen and oxygen atoms in total. The van der Waals surface area contributed by atoms with Gasteiger partial charge in [-0.05, 0) is 37.2 Å². The first-order chi connectivity index (χ1) is 9.71. The van der Waals surface area contributed by atoms with Gasteiger partial charge in [0.1, 0.15) is 12.6 Å². The van der Waals surface area contributed by atoms with E-state index < -0.39 is 5.83 Å². The van der Waals surface area contributed by atoms with Crippen molar-refractivity contribution in [1.82, 2.24) is 0 Å².